The fraction of sp³-hybridized carbons (Fsp3) is 0.467. The van der Waals surface area contributed by atoms with E-state index in [0.29, 0.717) is 19.4 Å². The van der Waals surface area contributed by atoms with Crippen LogP contribution in [-0.4, -0.2) is 28.9 Å². The van der Waals surface area contributed by atoms with Gasteiger partial charge < -0.3 is 4.74 Å². The van der Waals surface area contributed by atoms with E-state index >= 15 is 0 Å². The molecule has 0 aromatic heterocycles. The first kappa shape index (κ1) is 12.4. The Morgan fingerprint density at radius 2 is 1.58 bits per heavy atom. The van der Waals surface area contributed by atoms with Crippen LogP contribution in [0.25, 0.3) is 0 Å². The van der Waals surface area contributed by atoms with Gasteiger partial charge in [0.05, 0.1) is 31.6 Å². The minimum atomic E-state index is -0.112. The number of hydrogen-bond acceptors (Lipinski definition) is 3. The second kappa shape index (κ2) is 5.13. The average Bonchev–Trinajstić information content (AvgIpc) is 2.84. The van der Waals surface area contributed by atoms with Gasteiger partial charge in [-0.2, -0.15) is 0 Å². The molecule has 0 radical (unpaired) electrons. The van der Waals surface area contributed by atoms with Gasteiger partial charge in [0.15, 0.2) is 0 Å². The summed E-state index contributed by atoms with van der Waals surface area (Å²) in [6.45, 7) is 0.373. The van der Waals surface area contributed by atoms with Crippen LogP contribution in [0.15, 0.2) is 30.3 Å². The number of carbonyl (C=O) groups excluding carboxylic acids is 2. The molecule has 2 bridgehead atoms. The quantitative estimate of drug-likeness (QED) is 0.762. The third kappa shape index (κ3) is 2.68. The first-order valence-corrected chi connectivity index (χ1v) is 6.75. The fourth-order valence-electron chi connectivity index (χ4n) is 2.77. The van der Waals surface area contributed by atoms with Gasteiger partial charge in [0, 0.05) is 0 Å². The van der Waals surface area contributed by atoms with Crippen LogP contribution in [0.3, 0.4) is 0 Å². The number of rotatable bonds is 2. The molecule has 2 atom stereocenters. The van der Waals surface area contributed by atoms with Gasteiger partial charge in [-0.25, -0.2) is 0 Å². The van der Waals surface area contributed by atoms with E-state index in [1.807, 2.05) is 30.3 Å². The van der Waals surface area contributed by atoms with Gasteiger partial charge in [0.25, 0.3) is 0 Å². The summed E-state index contributed by atoms with van der Waals surface area (Å²) < 4.78 is 5.67. The highest BCUT2D eigenvalue weighted by Gasteiger charge is 2.36. The highest BCUT2D eigenvalue weighted by atomic mass is 16.5. The van der Waals surface area contributed by atoms with Crippen molar-refractivity contribution >= 4 is 11.8 Å². The summed E-state index contributed by atoms with van der Waals surface area (Å²) in [6, 6.07) is 9.63. The van der Waals surface area contributed by atoms with E-state index in [-0.39, 0.29) is 24.0 Å². The smallest absolute Gasteiger partial charge is 0.232 e. The number of ether oxygens (including phenoxy) is 1. The second-order valence-electron chi connectivity index (χ2n) is 5.22. The van der Waals surface area contributed by atoms with E-state index < -0.39 is 0 Å². The molecule has 3 rings (SSSR count). The van der Waals surface area contributed by atoms with Crippen molar-refractivity contribution in [3.05, 3.63) is 35.9 Å². The average molecular weight is 259 g/mol. The molecule has 2 fully saturated rings. The van der Waals surface area contributed by atoms with Crippen molar-refractivity contribution in [2.45, 2.75) is 44.4 Å². The Morgan fingerprint density at radius 1 is 1.00 bits per heavy atom. The number of hydrogen-bond donors (Lipinski definition) is 0. The predicted molar refractivity (Wildman–Crippen MR) is 69.1 cm³/mol. The summed E-state index contributed by atoms with van der Waals surface area (Å²) in [7, 11) is 0. The molecule has 2 aliphatic rings. The normalized spacial score (nSPS) is 27.3. The Kier molecular flexibility index (Phi) is 3.34. The molecular weight excluding hydrogens is 242 g/mol. The van der Waals surface area contributed by atoms with Gasteiger partial charge in [-0.15, -0.1) is 0 Å². The maximum absolute atomic E-state index is 12.2. The Hall–Kier alpha value is -1.68. The molecule has 2 aliphatic heterocycles. The monoisotopic (exact) mass is 259 g/mol. The van der Waals surface area contributed by atoms with Crippen LogP contribution in [0.1, 0.15) is 31.2 Å². The van der Waals surface area contributed by atoms with Crippen molar-refractivity contribution in [3.8, 4) is 0 Å². The van der Waals surface area contributed by atoms with Gasteiger partial charge in [0.2, 0.25) is 11.8 Å². The molecule has 2 unspecified atom stereocenters. The van der Waals surface area contributed by atoms with Crippen LogP contribution in [0.5, 0.6) is 0 Å². The van der Waals surface area contributed by atoms with Crippen molar-refractivity contribution in [3.63, 3.8) is 0 Å². The Labute approximate surface area is 112 Å². The maximum atomic E-state index is 12.2. The summed E-state index contributed by atoms with van der Waals surface area (Å²) >= 11 is 0. The Morgan fingerprint density at radius 3 is 2.16 bits per heavy atom. The van der Waals surface area contributed by atoms with Crippen LogP contribution >= 0.6 is 0 Å². The van der Waals surface area contributed by atoms with Crippen molar-refractivity contribution in [1.82, 2.24) is 4.90 Å². The van der Waals surface area contributed by atoms with Gasteiger partial charge >= 0.3 is 0 Å². The zero-order chi connectivity index (χ0) is 13.2. The molecule has 2 amide bonds. The summed E-state index contributed by atoms with van der Waals surface area (Å²) in [4.78, 5) is 25.8. The number of fused-ring (bicyclic) bond motifs is 2. The number of benzene rings is 1. The molecule has 2 saturated heterocycles. The number of amides is 2. The molecule has 0 aliphatic carbocycles. The SMILES string of the molecule is O=C1CC2CCC(CC(=O)N1Cc1ccccc1)O2. The minimum Gasteiger partial charge on any atom is -0.374 e. The van der Waals surface area contributed by atoms with E-state index in [1.165, 1.54) is 4.90 Å². The molecule has 0 saturated carbocycles. The van der Waals surface area contributed by atoms with Crippen molar-refractivity contribution < 1.29 is 14.3 Å². The molecule has 100 valence electrons. The highest BCUT2D eigenvalue weighted by molar-refractivity contribution is 5.96. The minimum absolute atomic E-state index is 0.00359. The molecule has 2 heterocycles. The second-order valence-corrected chi connectivity index (χ2v) is 5.22. The molecule has 1 aromatic carbocycles. The Balaban J connectivity index is 1.78. The molecule has 19 heavy (non-hydrogen) atoms. The van der Waals surface area contributed by atoms with E-state index in [4.69, 9.17) is 4.74 Å². The first-order chi connectivity index (χ1) is 9.22. The Bertz CT molecular complexity index is 461. The number of nitrogens with zero attached hydrogens (tertiary/aromatic N) is 1. The number of carbonyl (C=O) groups is 2. The van der Waals surface area contributed by atoms with Gasteiger partial charge in [-0.1, -0.05) is 30.3 Å². The summed E-state index contributed by atoms with van der Waals surface area (Å²) in [5.41, 5.74) is 0.984. The summed E-state index contributed by atoms with van der Waals surface area (Å²) in [5.74, 6) is -0.224. The third-order valence-corrected chi connectivity index (χ3v) is 3.79. The lowest BCUT2D eigenvalue weighted by Gasteiger charge is -2.26. The third-order valence-electron chi connectivity index (χ3n) is 3.79. The largest absolute Gasteiger partial charge is 0.374 e. The summed E-state index contributed by atoms with van der Waals surface area (Å²) in [6.07, 6.45) is 2.45. The molecular formula is C15H17NO3. The number of imide groups is 1. The molecule has 1 aromatic rings. The van der Waals surface area contributed by atoms with E-state index in [0.717, 1.165) is 18.4 Å². The van der Waals surface area contributed by atoms with E-state index in [9.17, 15) is 9.59 Å². The standard InChI is InChI=1S/C15H17NO3/c17-14-8-12-6-7-13(19-12)9-15(18)16(14)10-11-4-2-1-3-5-11/h1-5,12-13H,6-10H2. The lowest BCUT2D eigenvalue weighted by molar-refractivity contribution is -0.151. The highest BCUT2D eigenvalue weighted by Crippen LogP contribution is 2.28. The van der Waals surface area contributed by atoms with Gasteiger partial charge in [0.1, 0.15) is 0 Å². The fourth-order valence-corrected chi connectivity index (χ4v) is 2.77. The molecule has 4 heteroatoms. The maximum Gasteiger partial charge on any atom is 0.232 e. The molecule has 0 spiro atoms. The molecule has 4 nitrogen and oxygen atoms in total. The van der Waals surface area contributed by atoms with Gasteiger partial charge in [-0.05, 0) is 18.4 Å². The van der Waals surface area contributed by atoms with Crippen molar-refractivity contribution in [2.75, 3.05) is 0 Å². The lowest BCUT2D eigenvalue weighted by Crippen LogP contribution is -2.41. The predicted octanol–water partition coefficient (Wildman–Crippen LogP) is 1.88. The van der Waals surface area contributed by atoms with Crippen LogP contribution in [-0.2, 0) is 20.9 Å². The lowest BCUT2D eigenvalue weighted by atomic mass is 10.1. The zero-order valence-corrected chi connectivity index (χ0v) is 10.7. The van der Waals surface area contributed by atoms with E-state index in [2.05, 4.69) is 0 Å². The topological polar surface area (TPSA) is 46.6 Å². The van der Waals surface area contributed by atoms with E-state index in [1.54, 1.807) is 0 Å². The zero-order valence-electron chi connectivity index (χ0n) is 10.7. The van der Waals surface area contributed by atoms with Gasteiger partial charge in [-0.3, -0.25) is 14.5 Å². The van der Waals surface area contributed by atoms with Crippen LogP contribution in [0, 0.1) is 0 Å². The van der Waals surface area contributed by atoms with Crippen LogP contribution in [0.2, 0.25) is 0 Å². The molecule has 0 N–H and O–H groups in total. The van der Waals surface area contributed by atoms with Crippen LogP contribution in [0.4, 0.5) is 0 Å². The first-order valence-electron chi connectivity index (χ1n) is 6.75. The van der Waals surface area contributed by atoms with Crippen LogP contribution < -0.4 is 0 Å². The van der Waals surface area contributed by atoms with Crippen molar-refractivity contribution in [1.29, 1.82) is 0 Å². The summed E-state index contributed by atoms with van der Waals surface area (Å²) in [5, 5.41) is 0. The van der Waals surface area contributed by atoms with Crippen molar-refractivity contribution in [2.24, 2.45) is 0 Å².